The van der Waals surface area contributed by atoms with E-state index in [1.54, 1.807) is 7.11 Å². The normalized spacial score (nSPS) is 18.3. The molecule has 2 aromatic heterocycles. The van der Waals surface area contributed by atoms with Crippen LogP contribution in [0.3, 0.4) is 0 Å². The van der Waals surface area contributed by atoms with Crippen molar-refractivity contribution in [3.63, 3.8) is 0 Å². The predicted molar refractivity (Wildman–Crippen MR) is 139 cm³/mol. The minimum atomic E-state index is -0.715. The molecule has 4 rings (SSSR count). The smallest absolute Gasteiger partial charge is 0.224 e. The maximum absolute atomic E-state index is 13.1. The summed E-state index contributed by atoms with van der Waals surface area (Å²) < 4.78 is 8.27. The topological polar surface area (TPSA) is 63.5 Å². The molecule has 7 nitrogen and oxygen atoms in total. The molecule has 180 valence electrons. The summed E-state index contributed by atoms with van der Waals surface area (Å²) in [6.07, 6.45) is 0.429. The Balaban J connectivity index is 1.80. The molecule has 9 heteroatoms. The molecule has 1 atom stereocenters. The number of hydrogen-bond acceptors (Lipinski definition) is 5. The molecule has 1 fully saturated rings. The van der Waals surface area contributed by atoms with Gasteiger partial charge in [0.15, 0.2) is 5.66 Å². The number of hydrogen-bond donors (Lipinski definition) is 0. The van der Waals surface area contributed by atoms with Crippen LogP contribution in [0.4, 0.5) is 5.69 Å². The Morgan fingerprint density at radius 2 is 2.00 bits per heavy atom. The van der Waals surface area contributed by atoms with Crippen LogP contribution in [0.25, 0.3) is 11.4 Å². The van der Waals surface area contributed by atoms with Crippen LogP contribution in [0.1, 0.15) is 31.7 Å². The van der Waals surface area contributed by atoms with Gasteiger partial charge in [-0.25, -0.2) is 4.68 Å². The summed E-state index contributed by atoms with van der Waals surface area (Å²) in [6.45, 7) is 9.76. The number of aromatic nitrogens is 3. The molecule has 0 bridgehead atoms. The van der Waals surface area contributed by atoms with Crippen LogP contribution >= 0.6 is 27.5 Å². The Kier molecular flexibility index (Phi) is 6.92. The second kappa shape index (κ2) is 9.58. The Labute approximate surface area is 213 Å². The molecule has 0 radical (unpaired) electrons. The van der Waals surface area contributed by atoms with Crippen LogP contribution in [-0.4, -0.2) is 52.3 Å². The van der Waals surface area contributed by atoms with Gasteiger partial charge < -0.3 is 14.5 Å². The zero-order valence-electron chi connectivity index (χ0n) is 20.1. The highest BCUT2D eigenvalue weighted by molar-refractivity contribution is 9.10. The number of amides is 1. The van der Waals surface area contributed by atoms with Gasteiger partial charge in [-0.2, -0.15) is 5.10 Å². The van der Waals surface area contributed by atoms with Crippen LogP contribution in [0.2, 0.25) is 5.02 Å². The zero-order chi connectivity index (χ0) is 24.6. The third-order valence-electron chi connectivity index (χ3n) is 6.40. The summed E-state index contributed by atoms with van der Waals surface area (Å²) in [6, 6.07) is 11.7. The van der Waals surface area contributed by atoms with E-state index in [4.69, 9.17) is 21.4 Å². The first kappa shape index (κ1) is 24.5. The average molecular weight is 547 g/mol. The fourth-order valence-electron chi connectivity index (χ4n) is 4.61. The first-order valence-electron chi connectivity index (χ1n) is 11.3. The number of methoxy groups -OCH3 is 1. The molecule has 1 saturated heterocycles. The summed E-state index contributed by atoms with van der Waals surface area (Å²) >= 11 is 10.0. The Morgan fingerprint density at radius 1 is 1.24 bits per heavy atom. The van der Waals surface area contributed by atoms with Crippen molar-refractivity contribution in [2.45, 2.75) is 39.8 Å². The van der Waals surface area contributed by atoms with Gasteiger partial charge in [0.25, 0.3) is 0 Å². The number of carbonyl (C=O) groups excluding carboxylic acids is 1. The SMILES string of the molecule is CCC(=O)N1CCN(c2ccc(Cl)c(OC)c2)C[C@]1(C)n1nc(-c2cccc(C)n2)c(Br)c1C. The highest BCUT2D eigenvalue weighted by atomic mass is 79.9. The van der Waals surface area contributed by atoms with Crippen LogP contribution in [-0.2, 0) is 10.5 Å². The number of benzene rings is 1. The number of rotatable bonds is 5. The van der Waals surface area contributed by atoms with Gasteiger partial charge in [0.1, 0.15) is 11.4 Å². The van der Waals surface area contributed by atoms with Crippen LogP contribution < -0.4 is 9.64 Å². The van der Waals surface area contributed by atoms with Crippen molar-refractivity contribution in [1.82, 2.24) is 19.7 Å². The molecule has 3 aromatic rings. The highest BCUT2D eigenvalue weighted by Gasteiger charge is 2.44. The van der Waals surface area contributed by atoms with E-state index < -0.39 is 5.66 Å². The monoisotopic (exact) mass is 545 g/mol. The molecule has 0 unspecified atom stereocenters. The van der Waals surface area contributed by atoms with E-state index in [9.17, 15) is 4.79 Å². The van der Waals surface area contributed by atoms with Crippen LogP contribution in [0, 0.1) is 13.8 Å². The first-order chi connectivity index (χ1) is 16.2. The van der Waals surface area contributed by atoms with E-state index in [1.807, 2.05) is 66.8 Å². The molecule has 0 saturated carbocycles. The van der Waals surface area contributed by atoms with Crippen molar-refractivity contribution in [1.29, 1.82) is 0 Å². The first-order valence-corrected chi connectivity index (χ1v) is 12.4. The molecule has 34 heavy (non-hydrogen) atoms. The third kappa shape index (κ3) is 4.29. The minimum absolute atomic E-state index is 0.0945. The van der Waals surface area contributed by atoms with Crippen LogP contribution in [0.15, 0.2) is 40.9 Å². The second-order valence-electron chi connectivity index (χ2n) is 8.68. The number of ether oxygens (including phenoxy) is 1. The van der Waals surface area contributed by atoms with Gasteiger partial charge in [-0.15, -0.1) is 0 Å². The number of piperazine rings is 1. The van der Waals surface area contributed by atoms with Gasteiger partial charge >= 0.3 is 0 Å². The van der Waals surface area contributed by atoms with Crippen molar-refractivity contribution in [3.8, 4) is 17.1 Å². The molecular formula is C25H29BrClN5O2. The van der Waals surface area contributed by atoms with Crippen molar-refractivity contribution in [3.05, 3.63) is 57.3 Å². The molecule has 1 aliphatic rings. The zero-order valence-corrected chi connectivity index (χ0v) is 22.4. The summed E-state index contributed by atoms with van der Waals surface area (Å²) in [5, 5.41) is 5.57. The maximum Gasteiger partial charge on any atom is 0.224 e. The predicted octanol–water partition coefficient (Wildman–Crippen LogP) is 5.42. The van der Waals surface area contributed by atoms with Gasteiger partial charge in [-0.05, 0) is 61.0 Å². The van der Waals surface area contributed by atoms with E-state index in [2.05, 4.69) is 32.7 Å². The Bertz CT molecular complexity index is 1230. The number of nitrogens with zero attached hydrogens (tertiary/aromatic N) is 5. The lowest BCUT2D eigenvalue weighted by atomic mass is 10.0. The molecule has 1 aliphatic heterocycles. The Hall–Kier alpha value is -2.58. The summed E-state index contributed by atoms with van der Waals surface area (Å²) in [4.78, 5) is 21.9. The lowest BCUT2D eigenvalue weighted by Gasteiger charge is -2.50. The molecule has 3 heterocycles. The molecule has 0 N–H and O–H groups in total. The van der Waals surface area contributed by atoms with E-state index in [1.165, 1.54) is 0 Å². The maximum atomic E-state index is 13.1. The number of aryl methyl sites for hydroxylation is 1. The lowest BCUT2D eigenvalue weighted by Crippen LogP contribution is -2.64. The summed E-state index contributed by atoms with van der Waals surface area (Å²) in [5.74, 6) is 0.718. The molecular weight excluding hydrogens is 518 g/mol. The highest BCUT2D eigenvalue weighted by Crippen LogP contribution is 2.38. The number of carbonyl (C=O) groups is 1. The van der Waals surface area contributed by atoms with E-state index in [-0.39, 0.29) is 5.91 Å². The van der Waals surface area contributed by atoms with Gasteiger partial charge in [0.2, 0.25) is 5.91 Å². The fourth-order valence-corrected chi connectivity index (χ4v) is 5.25. The van der Waals surface area contributed by atoms with Crippen molar-refractivity contribution >= 4 is 39.1 Å². The van der Waals surface area contributed by atoms with Crippen LogP contribution in [0.5, 0.6) is 5.75 Å². The molecule has 1 amide bonds. The molecule has 1 aromatic carbocycles. The van der Waals surface area contributed by atoms with Gasteiger partial charge in [0.05, 0.1) is 34.5 Å². The number of halogens is 2. The second-order valence-corrected chi connectivity index (χ2v) is 9.88. The van der Waals surface area contributed by atoms with E-state index in [0.29, 0.717) is 36.8 Å². The third-order valence-corrected chi connectivity index (χ3v) is 7.66. The minimum Gasteiger partial charge on any atom is -0.495 e. The Morgan fingerprint density at radius 3 is 2.68 bits per heavy atom. The van der Waals surface area contributed by atoms with Crippen molar-refractivity contribution in [2.24, 2.45) is 0 Å². The quantitative estimate of drug-likeness (QED) is 0.428. The fraction of sp³-hybridized carbons (Fsp3) is 0.400. The molecule has 0 spiro atoms. The average Bonchev–Trinajstić information content (AvgIpc) is 3.13. The van der Waals surface area contributed by atoms with Gasteiger partial charge in [-0.1, -0.05) is 24.6 Å². The van der Waals surface area contributed by atoms with Gasteiger partial charge in [0, 0.05) is 37.0 Å². The van der Waals surface area contributed by atoms with Crippen molar-refractivity contribution < 1.29 is 9.53 Å². The van der Waals surface area contributed by atoms with E-state index >= 15 is 0 Å². The van der Waals surface area contributed by atoms with Gasteiger partial charge in [-0.3, -0.25) is 9.78 Å². The van der Waals surface area contributed by atoms with E-state index in [0.717, 1.165) is 32.9 Å². The molecule has 0 aliphatic carbocycles. The number of anilines is 1. The standard InChI is InChI=1S/C25H29BrClN5O2/c1-6-22(33)31-13-12-30(18-10-11-19(27)21(14-18)34-5)15-25(31,4)32-17(3)23(26)24(29-32)20-9-7-8-16(2)28-20/h7-11,14H,6,12-13,15H2,1-5H3/t25-/m0/s1. The summed E-state index contributed by atoms with van der Waals surface area (Å²) in [5.41, 5.74) is 3.68. The largest absolute Gasteiger partial charge is 0.495 e. The summed E-state index contributed by atoms with van der Waals surface area (Å²) in [7, 11) is 1.61. The van der Waals surface area contributed by atoms with Crippen molar-refractivity contribution in [2.75, 3.05) is 31.6 Å². The lowest BCUT2D eigenvalue weighted by molar-refractivity contribution is -0.142. The number of pyridine rings is 1.